The Kier molecular flexibility index (Phi) is 4.53. The molecule has 3 aromatic carbocycles. The summed E-state index contributed by atoms with van der Waals surface area (Å²) in [5.74, 6) is 0.875. The van der Waals surface area contributed by atoms with Crippen LogP contribution in [0.3, 0.4) is 0 Å². The Morgan fingerprint density at radius 3 is 2.58 bits per heavy atom. The van der Waals surface area contributed by atoms with Crippen molar-refractivity contribution in [2.45, 2.75) is 13.2 Å². The van der Waals surface area contributed by atoms with Crippen LogP contribution in [0.15, 0.2) is 54.6 Å². The maximum Gasteiger partial charge on any atom is 0.119 e. The molecule has 26 heavy (non-hydrogen) atoms. The minimum atomic E-state index is 0.0640. The fourth-order valence-electron chi connectivity index (χ4n) is 3.63. The lowest BCUT2D eigenvalue weighted by Crippen LogP contribution is -2.26. The second-order valence-electron chi connectivity index (χ2n) is 6.91. The van der Waals surface area contributed by atoms with Gasteiger partial charge in [0.2, 0.25) is 0 Å². The minimum absolute atomic E-state index is 0.0640. The number of ether oxygens (including phenoxy) is 1. The Morgan fingerprint density at radius 1 is 0.962 bits per heavy atom. The second-order valence-corrected chi connectivity index (χ2v) is 6.91. The average molecular weight is 348 g/mol. The van der Waals surface area contributed by atoms with E-state index in [0.717, 1.165) is 30.9 Å². The molecule has 0 saturated carbocycles. The first-order chi connectivity index (χ1) is 12.7. The molecule has 134 valence electrons. The lowest BCUT2D eigenvalue weighted by molar-refractivity contribution is 0.282. The van der Waals surface area contributed by atoms with E-state index >= 15 is 0 Å². The van der Waals surface area contributed by atoms with Crippen LogP contribution in [0.2, 0.25) is 0 Å². The largest absolute Gasteiger partial charge is 0.497 e. The van der Waals surface area contributed by atoms with E-state index in [0.29, 0.717) is 0 Å². The van der Waals surface area contributed by atoms with Crippen molar-refractivity contribution in [2.24, 2.45) is 0 Å². The number of hydrogen-bond donors (Lipinski definition) is 1. The van der Waals surface area contributed by atoms with Gasteiger partial charge in [0, 0.05) is 31.0 Å². The molecule has 0 spiro atoms. The summed E-state index contributed by atoms with van der Waals surface area (Å²) in [7, 11) is 3.85. The summed E-state index contributed by atoms with van der Waals surface area (Å²) in [5.41, 5.74) is 4.60. The number of nitrogens with zero attached hydrogens (tertiary/aromatic N) is 2. The summed E-state index contributed by atoms with van der Waals surface area (Å²) in [5, 5.41) is 11.9. The monoisotopic (exact) mass is 348 g/mol. The van der Waals surface area contributed by atoms with Crippen LogP contribution in [0.4, 0.5) is 11.4 Å². The number of fused-ring (bicyclic) bond motifs is 2. The molecule has 1 aliphatic heterocycles. The Morgan fingerprint density at radius 2 is 1.77 bits per heavy atom. The van der Waals surface area contributed by atoms with Gasteiger partial charge < -0.3 is 19.6 Å². The standard InChI is InChI=1S/C22H24N2O2/c1-23-9-10-24(22-11-16(15-25)3-4-19(22)14-23)20-7-5-18-13-21(26-2)8-6-17(18)12-20/h3-8,11-13,25H,9-10,14-15H2,1-2H3. The third-order valence-electron chi connectivity index (χ3n) is 5.11. The molecular formula is C22H24N2O2. The number of benzene rings is 3. The van der Waals surface area contributed by atoms with Gasteiger partial charge in [-0.05, 0) is 59.3 Å². The fraction of sp³-hybridized carbons (Fsp3) is 0.273. The second kappa shape index (κ2) is 6.98. The maximum atomic E-state index is 9.57. The highest BCUT2D eigenvalue weighted by molar-refractivity contribution is 5.88. The number of methoxy groups -OCH3 is 1. The molecule has 0 fully saturated rings. The quantitative estimate of drug-likeness (QED) is 0.778. The molecule has 4 heteroatoms. The lowest BCUT2D eigenvalue weighted by Gasteiger charge is -2.26. The van der Waals surface area contributed by atoms with Crippen LogP contribution in [-0.2, 0) is 13.2 Å². The molecule has 1 heterocycles. The molecule has 0 amide bonds. The maximum absolute atomic E-state index is 9.57. The zero-order chi connectivity index (χ0) is 18.1. The van der Waals surface area contributed by atoms with Crippen molar-refractivity contribution in [2.75, 3.05) is 32.1 Å². The Hall–Kier alpha value is -2.56. The van der Waals surface area contributed by atoms with Gasteiger partial charge in [-0.3, -0.25) is 0 Å². The van der Waals surface area contributed by atoms with Crippen molar-refractivity contribution < 1.29 is 9.84 Å². The normalized spacial score (nSPS) is 15.0. The molecule has 0 saturated heterocycles. The highest BCUT2D eigenvalue weighted by Gasteiger charge is 2.20. The summed E-state index contributed by atoms with van der Waals surface area (Å²) in [6.07, 6.45) is 0. The van der Waals surface area contributed by atoms with Gasteiger partial charge in [0.15, 0.2) is 0 Å². The van der Waals surface area contributed by atoms with Crippen LogP contribution in [0.1, 0.15) is 11.1 Å². The lowest BCUT2D eigenvalue weighted by atomic mass is 10.1. The summed E-state index contributed by atoms with van der Waals surface area (Å²) in [6.45, 7) is 2.89. The van der Waals surface area contributed by atoms with Crippen molar-refractivity contribution in [3.05, 3.63) is 65.7 Å². The highest BCUT2D eigenvalue weighted by Crippen LogP contribution is 2.34. The Balaban J connectivity index is 1.80. The van der Waals surface area contributed by atoms with Crippen LogP contribution < -0.4 is 9.64 Å². The first-order valence-corrected chi connectivity index (χ1v) is 8.94. The van der Waals surface area contributed by atoms with Crippen LogP contribution >= 0.6 is 0 Å². The van der Waals surface area contributed by atoms with Crippen LogP contribution in [0.5, 0.6) is 5.75 Å². The van der Waals surface area contributed by atoms with Crippen LogP contribution in [0.25, 0.3) is 10.8 Å². The predicted molar refractivity (Wildman–Crippen MR) is 106 cm³/mol. The van der Waals surface area contributed by atoms with Crippen LogP contribution in [0, 0.1) is 0 Å². The molecule has 0 radical (unpaired) electrons. The van der Waals surface area contributed by atoms with E-state index in [2.05, 4.69) is 59.3 Å². The molecule has 0 aromatic heterocycles. The third kappa shape index (κ3) is 3.14. The number of hydrogen-bond acceptors (Lipinski definition) is 4. The van der Waals surface area contributed by atoms with E-state index in [1.807, 2.05) is 12.1 Å². The van der Waals surface area contributed by atoms with E-state index in [4.69, 9.17) is 4.74 Å². The summed E-state index contributed by atoms with van der Waals surface area (Å²) < 4.78 is 5.33. The average Bonchev–Trinajstić information content (AvgIpc) is 2.84. The molecule has 1 aliphatic rings. The summed E-state index contributed by atoms with van der Waals surface area (Å²) in [6, 6.07) is 19.0. The van der Waals surface area contributed by atoms with Gasteiger partial charge in [0.1, 0.15) is 5.75 Å². The smallest absolute Gasteiger partial charge is 0.119 e. The van der Waals surface area contributed by atoms with Gasteiger partial charge in [0.05, 0.1) is 13.7 Å². The SMILES string of the molecule is COc1ccc2cc(N3CCN(C)Cc4ccc(CO)cc43)ccc2c1. The topological polar surface area (TPSA) is 35.9 Å². The number of anilines is 2. The zero-order valence-corrected chi connectivity index (χ0v) is 15.3. The molecule has 4 nitrogen and oxygen atoms in total. The molecule has 3 aromatic rings. The number of aliphatic hydroxyl groups excluding tert-OH is 1. The Bertz CT molecular complexity index is 939. The molecule has 0 aliphatic carbocycles. The molecular weight excluding hydrogens is 324 g/mol. The Labute approximate surface area is 154 Å². The zero-order valence-electron chi connectivity index (χ0n) is 15.3. The van der Waals surface area contributed by atoms with Crippen molar-refractivity contribution in [3.8, 4) is 5.75 Å². The molecule has 0 unspecified atom stereocenters. The van der Waals surface area contributed by atoms with E-state index in [9.17, 15) is 5.11 Å². The summed E-state index contributed by atoms with van der Waals surface area (Å²) >= 11 is 0. The van der Waals surface area contributed by atoms with Crippen molar-refractivity contribution in [1.29, 1.82) is 0 Å². The third-order valence-corrected chi connectivity index (χ3v) is 5.11. The van der Waals surface area contributed by atoms with Gasteiger partial charge in [-0.15, -0.1) is 0 Å². The summed E-state index contributed by atoms with van der Waals surface area (Å²) in [4.78, 5) is 4.70. The molecule has 1 N–H and O–H groups in total. The van der Waals surface area contributed by atoms with Gasteiger partial charge in [-0.1, -0.05) is 24.3 Å². The van der Waals surface area contributed by atoms with Gasteiger partial charge in [-0.2, -0.15) is 0 Å². The van der Waals surface area contributed by atoms with Gasteiger partial charge in [-0.25, -0.2) is 0 Å². The molecule has 4 rings (SSSR count). The van der Waals surface area contributed by atoms with Gasteiger partial charge in [0.25, 0.3) is 0 Å². The first kappa shape index (κ1) is 16.9. The highest BCUT2D eigenvalue weighted by atomic mass is 16.5. The fourth-order valence-corrected chi connectivity index (χ4v) is 3.63. The van der Waals surface area contributed by atoms with Crippen molar-refractivity contribution in [3.63, 3.8) is 0 Å². The predicted octanol–water partition coefficient (Wildman–Crippen LogP) is 3.92. The van der Waals surface area contributed by atoms with E-state index in [1.165, 1.54) is 27.7 Å². The number of aliphatic hydroxyl groups is 1. The van der Waals surface area contributed by atoms with Crippen molar-refractivity contribution >= 4 is 22.1 Å². The van der Waals surface area contributed by atoms with E-state index in [-0.39, 0.29) is 6.61 Å². The van der Waals surface area contributed by atoms with Crippen molar-refractivity contribution in [1.82, 2.24) is 4.90 Å². The van der Waals surface area contributed by atoms with E-state index < -0.39 is 0 Å². The first-order valence-electron chi connectivity index (χ1n) is 8.94. The minimum Gasteiger partial charge on any atom is -0.497 e. The molecule has 0 atom stereocenters. The number of rotatable bonds is 3. The van der Waals surface area contributed by atoms with Crippen LogP contribution in [-0.4, -0.2) is 37.3 Å². The van der Waals surface area contributed by atoms with E-state index in [1.54, 1.807) is 7.11 Å². The molecule has 0 bridgehead atoms. The van der Waals surface area contributed by atoms with Gasteiger partial charge >= 0.3 is 0 Å². The number of likely N-dealkylation sites (N-methyl/N-ethyl adjacent to an activating group) is 1.